The fraction of sp³-hybridized carbons (Fsp3) is 0.364. The number of sulfonamides is 1. The number of carbonyl (C=O) groups is 1. The molecule has 0 unspecified atom stereocenters. The maximum atomic E-state index is 13.2. The molecule has 112 valence electrons. The Morgan fingerprint density at radius 1 is 1.35 bits per heavy atom. The second-order valence-electron chi connectivity index (χ2n) is 5.11. The van der Waals surface area contributed by atoms with Crippen molar-refractivity contribution in [3.05, 3.63) is 22.4 Å². The van der Waals surface area contributed by atoms with Crippen molar-refractivity contribution < 1.29 is 17.6 Å². The average Bonchev–Trinajstić information content (AvgIpc) is 2.19. The molecule has 2 amide bonds. The number of benzene rings is 1. The van der Waals surface area contributed by atoms with Crippen molar-refractivity contribution in [3.63, 3.8) is 0 Å². The van der Waals surface area contributed by atoms with Crippen LogP contribution in [0.5, 0.6) is 0 Å². The van der Waals surface area contributed by atoms with E-state index in [-0.39, 0.29) is 15.1 Å². The highest BCUT2D eigenvalue weighted by Gasteiger charge is 2.24. The number of carbonyl (C=O) groups excluding carboxylic acids is 1. The summed E-state index contributed by atoms with van der Waals surface area (Å²) in [5.41, 5.74) is 4.40. The molecule has 0 aromatic heterocycles. The van der Waals surface area contributed by atoms with Crippen molar-refractivity contribution in [2.75, 3.05) is 5.73 Å². The molecule has 4 N–H and O–H groups in total. The molecular formula is C11H15BrFN3O3S. The molecule has 1 aromatic rings. The zero-order valence-electron chi connectivity index (χ0n) is 11.1. The zero-order valence-corrected chi connectivity index (χ0v) is 13.5. The third-order valence-electron chi connectivity index (χ3n) is 2.06. The molecule has 0 fully saturated rings. The maximum absolute atomic E-state index is 13.2. The van der Waals surface area contributed by atoms with Gasteiger partial charge in [0.2, 0.25) is 0 Å². The average molecular weight is 368 g/mol. The largest absolute Gasteiger partial charge is 0.396 e. The standard InChI is InChI=1S/C11H15BrFN3O3S/c1-11(2,3)15-10(17)16-20(18,19)9-5-8(14)7(13)4-6(9)12/h4-5H,14H2,1-3H3,(H2,15,16,17). The predicted molar refractivity (Wildman–Crippen MR) is 77.1 cm³/mol. The summed E-state index contributed by atoms with van der Waals surface area (Å²) in [5, 5.41) is 2.44. The molecule has 1 rings (SSSR count). The van der Waals surface area contributed by atoms with E-state index < -0.39 is 27.4 Å². The number of nitrogens with two attached hydrogens (primary N) is 1. The number of amides is 2. The lowest BCUT2D eigenvalue weighted by Crippen LogP contribution is -2.48. The van der Waals surface area contributed by atoms with E-state index >= 15 is 0 Å². The van der Waals surface area contributed by atoms with Gasteiger partial charge in [0.25, 0.3) is 10.0 Å². The lowest BCUT2D eigenvalue weighted by atomic mass is 10.1. The van der Waals surface area contributed by atoms with Gasteiger partial charge in [-0.05, 0) is 48.8 Å². The van der Waals surface area contributed by atoms with Gasteiger partial charge in [-0.15, -0.1) is 0 Å². The van der Waals surface area contributed by atoms with Crippen LogP contribution < -0.4 is 15.8 Å². The molecular weight excluding hydrogens is 353 g/mol. The summed E-state index contributed by atoms with van der Waals surface area (Å²) in [6, 6.07) is 0.977. The first-order chi connectivity index (χ1) is 8.92. The van der Waals surface area contributed by atoms with Gasteiger partial charge in [-0.2, -0.15) is 0 Å². The molecule has 0 radical (unpaired) electrons. The molecule has 0 heterocycles. The number of nitrogens with one attached hydrogen (secondary N) is 2. The monoisotopic (exact) mass is 367 g/mol. The van der Waals surface area contributed by atoms with Crippen molar-refractivity contribution in [3.8, 4) is 0 Å². The smallest absolute Gasteiger partial charge is 0.329 e. The van der Waals surface area contributed by atoms with Gasteiger partial charge in [0, 0.05) is 10.0 Å². The molecule has 0 aliphatic carbocycles. The van der Waals surface area contributed by atoms with E-state index in [9.17, 15) is 17.6 Å². The molecule has 0 aliphatic heterocycles. The SMILES string of the molecule is CC(C)(C)NC(=O)NS(=O)(=O)c1cc(N)c(F)cc1Br. The summed E-state index contributed by atoms with van der Waals surface area (Å²) < 4.78 is 39.1. The number of hydrogen-bond donors (Lipinski definition) is 3. The van der Waals surface area contributed by atoms with Crippen LogP contribution >= 0.6 is 15.9 Å². The van der Waals surface area contributed by atoms with Crippen LogP contribution in [0.3, 0.4) is 0 Å². The van der Waals surface area contributed by atoms with Gasteiger partial charge in [-0.1, -0.05) is 0 Å². The normalized spacial score (nSPS) is 12.1. The first-order valence-electron chi connectivity index (χ1n) is 5.52. The van der Waals surface area contributed by atoms with Crippen molar-refractivity contribution in [2.45, 2.75) is 31.2 Å². The van der Waals surface area contributed by atoms with Crippen molar-refractivity contribution in [1.82, 2.24) is 10.0 Å². The molecule has 1 aromatic carbocycles. The molecule has 0 saturated carbocycles. The van der Waals surface area contributed by atoms with E-state index in [1.54, 1.807) is 20.8 Å². The molecule has 0 atom stereocenters. The van der Waals surface area contributed by atoms with Gasteiger partial charge < -0.3 is 11.1 Å². The Hall–Kier alpha value is -1.35. The molecule has 0 spiro atoms. The first kappa shape index (κ1) is 16.7. The fourth-order valence-electron chi connectivity index (χ4n) is 1.29. The summed E-state index contributed by atoms with van der Waals surface area (Å²) in [6.07, 6.45) is 0. The Morgan fingerprint density at radius 2 is 1.90 bits per heavy atom. The van der Waals surface area contributed by atoms with Gasteiger partial charge in [0.15, 0.2) is 0 Å². The number of nitrogen functional groups attached to an aromatic ring is 1. The van der Waals surface area contributed by atoms with Crippen LogP contribution in [-0.2, 0) is 10.0 Å². The van der Waals surface area contributed by atoms with E-state index in [1.807, 2.05) is 4.72 Å². The molecule has 9 heteroatoms. The number of anilines is 1. The van der Waals surface area contributed by atoms with E-state index in [0.717, 1.165) is 12.1 Å². The van der Waals surface area contributed by atoms with E-state index in [0.29, 0.717) is 0 Å². The molecule has 20 heavy (non-hydrogen) atoms. The summed E-state index contributed by atoms with van der Waals surface area (Å²) in [4.78, 5) is 11.3. The van der Waals surface area contributed by atoms with Crippen LogP contribution in [0, 0.1) is 5.82 Å². The second kappa shape index (κ2) is 5.57. The van der Waals surface area contributed by atoms with Gasteiger partial charge in [0.05, 0.1) is 5.69 Å². The Balaban J connectivity index is 3.07. The van der Waals surface area contributed by atoms with Crippen LogP contribution in [0.1, 0.15) is 20.8 Å². The highest BCUT2D eigenvalue weighted by Crippen LogP contribution is 2.26. The van der Waals surface area contributed by atoms with Gasteiger partial charge in [-0.3, -0.25) is 0 Å². The van der Waals surface area contributed by atoms with Crippen molar-refractivity contribution >= 4 is 37.7 Å². The number of halogens is 2. The summed E-state index contributed by atoms with van der Waals surface area (Å²) in [7, 11) is -4.16. The Kier molecular flexibility index (Phi) is 4.65. The highest BCUT2D eigenvalue weighted by molar-refractivity contribution is 9.10. The number of hydrogen-bond acceptors (Lipinski definition) is 4. The number of urea groups is 1. The van der Waals surface area contributed by atoms with E-state index in [2.05, 4.69) is 21.2 Å². The van der Waals surface area contributed by atoms with Crippen LogP contribution in [0.25, 0.3) is 0 Å². The minimum absolute atomic E-state index is 0.0275. The van der Waals surface area contributed by atoms with Crippen LogP contribution in [-0.4, -0.2) is 20.0 Å². The second-order valence-corrected chi connectivity index (χ2v) is 7.62. The van der Waals surface area contributed by atoms with Gasteiger partial charge in [-0.25, -0.2) is 22.3 Å². The topological polar surface area (TPSA) is 101 Å². The summed E-state index contributed by atoms with van der Waals surface area (Å²) in [6.45, 7) is 5.10. The van der Waals surface area contributed by atoms with Crippen molar-refractivity contribution in [2.24, 2.45) is 0 Å². The molecule has 6 nitrogen and oxygen atoms in total. The molecule has 0 saturated heterocycles. The summed E-state index contributed by atoms with van der Waals surface area (Å²) >= 11 is 2.92. The minimum atomic E-state index is -4.16. The molecule has 0 bridgehead atoms. The Morgan fingerprint density at radius 3 is 2.40 bits per heavy atom. The van der Waals surface area contributed by atoms with Crippen LogP contribution in [0.2, 0.25) is 0 Å². The highest BCUT2D eigenvalue weighted by atomic mass is 79.9. The van der Waals surface area contributed by atoms with E-state index in [1.165, 1.54) is 0 Å². The van der Waals surface area contributed by atoms with Gasteiger partial charge >= 0.3 is 6.03 Å². The van der Waals surface area contributed by atoms with E-state index in [4.69, 9.17) is 5.73 Å². The summed E-state index contributed by atoms with van der Waals surface area (Å²) in [5.74, 6) is -0.755. The Bertz CT molecular complexity index is 641. The third-order valence-corrected chi connectivity index (χ3v) is 4.35. The quantitative estimate of drug-likeness (QED) is 0.695. The zero-order chi connectivity index (χ0) is 15.7. The fourth-order valence-corrected chi connectivity index (χ4v) is 3.25. The molecule has 0 aliphatic rings. The predicted octanol–water partition coefficient (Wildman–Crippen LogP) is 1.96. The minimum Gasteiger partial charge on any atom is -0.396 e. The number of rotatable bonds is 2. The van der Waals surface area contributed by atoms with Crippen molar-refractivity contribution in [1.29, 1.82) is 0 Å². The third kappa shape index (κ3) is 4.34. The lowest BCUT2D eigenvalue weighted by molar-refractivity contribution is 0.237. The van der Waals surface area contributed by atoms with Crippen LogP contribution in [0.4, 0.5) is 14.9 Å². The maximum Gasteiger partial charge on any atom is 0.329 e. The van der Waals surface area contributed by atoms with Gasteiger partial charge in [0.1, 0.15) is 10.7 Å². The lowest BCUT2D eigenvalue weighted by Gasteiger charge is -2.20. The first-order valence-corrected chi connectivity index (χ1v) is 7.79. The van der Waals surface area contributed by atoms with Crippen LogP contribution in [0.15, 0.2) is 21.5 Å². The Labute approximate surface area is 125 Å².